The molecule has 0 bridgehead atoms. The van der Waals surface area contributed by atoms with Gasteiger partial charge in [0.2, 0.25) is 0 Å². The van der Waals surface area contributed by atoms with Gasteiger partial charge in [-0.1, -0.05) is 44.7 Å². The molecule has 21 heavy (non-hydrogen) atoms. The third-order valence-electron chi connectivity index (χ3n) is 3.16. The first-order valence-electron chi connectivity index (χ1n) is 6.92. The number of benzene rings is 1. The number of carboxylic acids is 1. The van der Waals surface area contributed by atoms with Gasteiger partial charge in [-0.25, -0.2) is 0 Å². The van der Waals surface area contributed by atoms with Crippen LogP contribution in [0.15, 0.2) is 29.4 Å². The highest BCUT2D eigenvalue weighted by molar-refractivity contribution is 7.99. The average Bonchev–Trinajstić information content (AvgIpc) is 2.88. The molecule has 6 heteroatoms. The van der Waals surface area contributed by atoms with Crippen LogP contribution in [0.1, 0.15) is 38.1 Å². The fourth-order valence-electron chi connectivity index (χ4n) is 2.02. The Bertz CT molecular complexity index is 620. The zero-order valence-corrected chi connectivity index (χ0v) is 13.2. The fourth-order valence-corrected chi connectivity index (χ4v) is 2.71. The monoisotopic (exact) mass is 305 g/mol. The van der Waals surface area contributed by atoms with Gasteiger partial charge in [-0.15, -0.1) is 10.2 Å². The average molecular weight is 305 g/mol. The van der Waals surface area contributed by atoms with E-state index in [2.05, 4.69) is 36.2 Å². The summed E-state index contributed by atoms with van der Waals surface area (Å²) in [7, 11) is 0. The number of carbonyl (C=O) groups is 1. The minimum atomic E-state index is -0.859. The van der Waals surface area contributed by atoms with Crippen LogP contribution in [0.2, 0.25) is 0 Å². The minimum Gasteiger partial charge on any atom is -0.481 e. The summed E-state index contributed by atoms with van der Waals surface area (Å²) >= 11 is 1.19. The first kappa shape index (κ1) is 15.6. The van der Waals surface area contributed by atoms with Crippen molar-refractivity contribution >= 4 is 17.7 Å². The van der Waals surface area contributed by atoms with Crippen molar-refractivity contribution in [1.29, 1.82) is 0 Å². The number of aliphatic carboxylic acids is 1. The number of rotatable bonds is 6. The van der Waals surface area contributed by atoms with Gasteiger partial charge in [0.25, 0.3) is 0 Å². The number of hydrogen-bond acceptors (Lipinski definition) is 4. The zero-order valence-electron chi connectivity index (χ0n) is 12.4. The highest BCUT2D eigenvalue weighted by atomic mass is 32.2. The maximum Gasteiger partial charge on any atom is 0.313 e. The second-order valence-corrected chi connectivity index (χ2v) is 5.96. The molecule has 1 aromatic heterocycles. The second-order valence-electron chi connectivity index (χ2n) is 5.02. The van der Waals surface area contributed by atoms with E-state index in [1.54, 1.807) is 0 Å². The Balaban J connectivity index is 2.36. The van der Waals surface area contributed by atoms with Crippen LogP contribution in [0, 0.1) is 0 Å². The largest absolute Gasteiger partial charge is 0.481 e. The molecule has 5 nitrogen and oxygen atoms in total. The number of aromatic nitrogens is 3. The van der Waals surface area contributed by atoms with Gasteiger partial charge in [-0.2, -0.15) is 0 Å². The van der Waals surface area contributed by atoms with Crippen LogP contribution in [-0.4, -0.2) is 31.6 Å². The van der Waals surface area contributed by atoms with Gasteiger partial charge in [0.05, 0.1) is 5.75 Å². The SMILES string of the molecule is CCc1nnc(SCC(=O)O)n1-c1ccc(C(C)C)cc1. The Morgan fingerprint density at radius 2 is 1.95 bits per heavy atom. The highest BCUT2D eigenvalue weighted by Gasteiger charge is 2.14. The van der Waals surface area contributed by atoms with Crippen LogP contribution in [0.25, 0.3) is 5.69 Å². The topological polar surface area (TPSA) is 68.0 Å². The third-order valence-corrected chi connectivity index (χ3v) is 4.07. The first-order valence-corrected chi connectivity index (χ1v) is 7.90. The predicted octanol–water partition coefficient (Wildman–Crippen LogP) is 3.13. The minimum absolute atomic E-state index is 0.0219. The van der Waals surface area contributed by atoms with Crippen molar-refractivity contribution < 1.29 is 9.90 Å². The molecule has 0 unspecified atom stereocenters. The molecule has 0 amide bonds. The number of thioether (sulfide) groups is 1. The third kappa shape index (κ3) is 3.64. The van der Waals surface area contributed by atoms with E-state index < -0.39 is 5.97 Å². The van der Waals surface area contributed by atoms with E-state index in [9.17, 15) is 4.79 Å². The molecule has 112 valence electrons. The van der Waals surface area contributed by atoms with Crippen LogP contribution in [0.3, 0.4) is 0 Å². The van der Waals surface area contributed by atoms with Crippen molar-refractivity contribution in [2.75, 3.05) is 5.75 Å². The highest BCUT2D eigenvalue weighted by Crippen LogP contribution is 2.24. The molecule has 0 saturated carbocycles. The fraction of sp³-hybridized carbons (Fsp3) is 0.400. The van der Waals surface area contributed by atoms with Crippen LogP contribution < -0.4 is 0 Å². The first-order chi connectivity index (χ1) is 10.0. The number of carboxylic acid groups (broad SMARTS) is 1. The molecule has 2 rings (SSSR count). The summed E-state index contributed by atoms with van der Waals surface area (Å²) in [6, 6.07) is 8.24. The van der Waals surface area contributed by atoms with Gasteiger partial charge >= 0.3 is 5.97 Å². The summed E-state index contributed by atoms with van der Waals surface area (Å²) in [6.45, 7) is 6.31. The Morgan fingerprint density at radius 3 is 2.48 bits per heavy atom. The molecule has 0 saturated heterocycles. The normalized spacial score (nSPS) is 11.0. The maximum absolute atomic E-state index is 10.7. The van der Waals surface area contributed by atoms with Gasteiger partial charge in [0.15, 0.2) is 5.16 Å². The molecule has 1 heterocycles. The molecule has 0 spiro atoms. The van der Waals surface area contributed by atoms with Gasteiger partial charge in [0.1, 0.15) is 5.82 Å². The number of hydrogen-bond donors (Lipinski definition) is 1. The van der Waals surface area contributed by atoms with Gasteiger partial charge in [-0.05, 0) is 23.6 Å². The molecule has 0 atom stereocenters. The zero-order chi connectivity index (χ0) is 15.4. The second kappa shape index (κ2) is 6.76. The van der Waals surface area contributed by atoms with E-state index in [4.69, 9.17) is 5.11 Å². The summed E-state index contributed by atoms with van der Waals surface area (Å²) in [5.74, 6) is 0.431. The Labute approximate surface area is 128 Å². The molecule has 2 aromatic rings. The maximum atomic E-state index is 10.7. The molecule has 1 aromatic carbocycles. The van der Waals surface area contributed by atoms with Gasteiger partial charge in [-0.3, -0.25) is 9.36 Å². The van der Waals surface area contributed by atoms with Crippen molar-refractivity contribution in [3.05, 3.63) is 35.7 Å². The molecule has 0 radical (unpaired) electrons. The molecular weight excluding hydrogens is 286 g/mol. The van der Waals surface area contributed by atoms with E-state index in [-0.39, 0.29) is 5.75 Å². The summed E-state index contributed by atoms with van der Waals surface area (Å²) in [5, 5.41) is 17.7. The Morgan fingerprint density at radius 1 is 1.29 bits per heavy atom. The lowest BCUT2D eigenvalue weighted by Gasteiger charge is -2.11. The van der Waals surface area contributed by atoms with Crippen LogP contribution in [-0.2, 0) is 11.2 Å². The molecule has 0 aliphatic rings. The van der Waals surface area contributed by atoms with E-state index >= 15 is 0 Å². The molecule has 0 aliphatic heterocycles. The quantitative estimate of drug-likeness (QED) is 0.830. The molecule has 1 N–H and O–H groups in total. The van der Waals surface area contributed by atoms with Crippen molar-refractivity contribution in [3.63, 3.8) is 0 Å². The molecule has 0 aliphatic carbocycles. The van der Waals surface area contributed by atoms with Crippen molar-refractivity contribution in [2.45, 2.75) is 38.3 Å². The van der Waals surface area contributed by atoms with Crippen molar-refractivity contribution in [3.8, 4) is 5.69 Å². The van der Waals surface area contributed by atoms with E-state index in [1.807, 2.05) is 23.6 Å². The van der Waals surface area contributed by atoms with E-state index in [0.29, 0.717) is 11.1 Å². The summed E-state index contributed by atoms with van der Waals surface area (Å²) in [6.07, 6.45) is 0.743. The van der Waals surface area contributed by atoms with E-state index in [0.717, 1.165) is 17.9 Å². The molecule has 0 fully saturated rings. The standard InChI is InChI=1S/C15H19N3O2S/c1-4-13-16-17-15(21-9-14(19)20)18(13)12-7-5-11(6-8-12)10(2)3/h5-8,10H,4,9H2,1-3H3,(H,19,20). The van der Waals surface area contributed by atoms with Gasteiger partial charge < -0.3 is 5.11 Å². The van der Waals surface area contributed by atoms with Crippen LogP contribution >= 0.6 is 11.8 Å². The van der Waals surface area contributed by atoms with Gasteiger partial charge in [0, 0.05) is 12.1 Å². The lowest BCUT2D eigenvalue weighted by Crippen LogP contribution is -2.04. The van der Waals surface area contributed by atoms with Crippen molar-refractivity contribution in [1.82, 2.24) is 14.8 Å². The lowest BCUT2D eigenvalue weighted by molar-refractivity contribution is -0.133. The lowest BCUT2D eigenvalue weighted by atomic mass is 10.0. The van der Waals surface area contributed by atoms with Crippen molar-refractivity contribution in [2.24, 2.45) is 0 Å². The van der Waals surface area contributed by atoms with Crippen LogP contribution in [0.4, 0.5) is 0 Å². The molecular formula is C15H19N3O2S. The van der Waals surface area contributed by atoms with Crippen LogP contribution in [0.5, 0.6) is 0 Å². The number of aryl methyl sites for hydroxylation is 1. The smallest absolute Gasteiger partial charge is 0.313 e. The number of nitrogens with zero attached hydrogens (tertiary/aromatic N) is 3. The van der Waals surface area contributed by atoms with E-state index in [1.165, 1.54) is 17.3 Å². The predicted molar refractivity (Wildman–Crippen MR) is 83.2 cm³/mol. The summed E-state index contributed by atoms with van der Waals surface area (Å²) < 4.78 is 1.93. The summed E-state index contributed by atoms with van der Waals surface area (Å²) in [5.41, 5.74) is 2.23. The Hall–Kier alpha value is -1.82. The summed E-state index contributed by atoms with van der Waals surface area (Å²) in [4.78, 5) is 10.7. The Kier molecular flexibility index (Phi) is 5.01.